The number of halogens is 1. The summed E-state index contributed by atoms with van der Waals surface area (Å²) in [6.07, 6.45) is 2.18. The molecule has 4 aromatic rings. The minimum atomic E-state index is -0.452. The first-order valence-corrected chi connectivity index (χ1v) is 10.5. The molecule has 0 bridgehead atoms. The zero-order chi connectivity index (χ0) is 21.4. The minimum absolute atomic E-state index is 0.115. The predicted molar refractivity (Wildman–Crippen MR) is 119 cm³/mol. The lowest BCUT2D eigenvalue weighted by Crippen LogP contribution is -2.28. The third-order valence-electron chi connectivity index (χ3n) is 5.92. The third-order valence-corrected chi connectivity index (χ3v) is 5.92. The molecule has 1 aliphatic rings. The zero-order valence-electron chi connectivity index (χ0n) is 17.3. The number of fused-ring (bicyclic) bond motifs is 1. The second-order valence-corrected chi connectivity index (χ2v) is 8.12. The Morgan fingerprint density at radius 2 is 1.77 bits per heavy atom. The first kappa shape index (κ1) is 19.7. The lowest BCUT2D eigenvalue weighted by atomic mass is 10.0. The van der Waals surface area contributed by atoms with Crippen molar-refractivity contribution in [3.8, 4) is 16.9 Å². The van der Waals surface area contributed by atoms with Crippen molar-refractivity contribution in [3.05, 3.63) is 107 Å². The summed E-state index contributed by atoms with van der Waals surface area (Å²) in [4.78, 5) is 0. The van der Waals surface area contributed by atoms with Crippen molar-refractivity contribution in [1.29, 1.82) is 0 Å². The average molecular weight is 413 g/mol. The summed E-state index contributed by atoms with van der Waals surface area (Å²) in [6, 6.07) is 22.6. The van der Waals surface area contributed by atoms with Crippen molar-refractivity contribution in [1.82, 2.24) is 15.1 Å². The monoisotopic (exact) mass is 413 g/mol. The largest absolute Gasteiger partial charge is 0.391 e. The fourth-order valence-electron chi connectivity index (χ4n) is 4.26. The summed E-state index contributed by atoms with van der Waals surface area (Å²) in [5, 5.41) is 18.9. The molecule has 3 aromatic carbocycles. The second-order valence-electron chi connectivity index (χ2n) is 8.12. The highest BCUT2D eigenvalue weighted by atomic mass is 19.1. The summed E-state index contributed by atoms with van der Waals surface area (Å²) < 4.78 is 15.2. The van der Waals surface area contributed by atoms with Crippen LogP contribution in [0.4, 0.5) is 4.39 Å². The van der Waals surface area contributed by atoms with Crippen LogP contribution in [0.15, 0.2) is 79.0 Å². The van der Waals surface area contributed by atoms with Gasteiger partial charge >= 0.3 is 0 Å². The lowest BCUT2D eigenvalue weighted by molar-refractivity contribution is 0.140. The van der Waals surface area contributed by atoms with Gasteiger partial charge in [-0.05, 0) is 42.3 Å². The van der Waals surface area contributed by atoms with Gasteiger partial charge in [-0.25, -0.2) is 9.07 Å². The molecule has 0 saturated carbocycles. The molecule has 4 nitrogen and oxygen atoms in total. The number of aliphatic hydroxyl groups excluding tert-OH is 1. The highest BCUT2D eigenvalue weighted by Gasteiger charge is 2.30. The first-order valence-electron chi connectivity index (χ1n) is 10.5. The van der Waals surface area contributed by atoms with Crippen molar-refractivity contribution in [2.45, 2.75) is 32.0 Å². The molecule has 2 N–H and O–H groups in total. The van der Waals surface area contributed by atoms with E-state index >= 15 is 0 Å². The van der Waals surface area contributed by atoms with E-state index in [9.17, 15) is 9.50 Å². The highest BCUT2D eigenvalue weighted by Crippen LogP contribution is 2.32. The predicted octanol–water partition coefficient (Wildman–Crippen LogP) is 4.73. The van der Waals surface area contributed by atoms with E-state index in [4.69, 9.17) is 5.10 Å². The van der Waals surface area contributed by atoms with Gasteiger partial charge in [0.1, 0.15) is 5.82 Å². The maximum Gasteiger partial charge on any atom is 0.123 e. The van der Waals surface area contributed by atoms with Crippen LogP contribution in [0.5, 0.6) is 0 Å². The van der Waals surface area contributed by atoms with Crippen molar-refractivity contribution >= 4 is 0 Å². The number of nitrogens with one attached hydrogen (secondary N) is 1. The molecule has 0 unspecified atom stereocenters. The number of nitrogens with zero attached hydrogens (tertiary/aromatic N) is 2. The Bertz CT molecular complexity index is 1200. The van der Waals surface area contributed by atoms with E-state index in [1.54, 1.807) is 16.8 Å². The SMILES string of the molecule is Cc1ccc(-c2nn(-c3ccc(F)cc3)cc2CN[C@@H]2c3ccccc3C[C@@H]2O)cc1. The van der Waals surface area contributed by atoms with Gasteiger partial charge in [-0.15, -0.1) is 0 Å². The van der Waals surface area contributed by atoms with Gasteiger partial charge in [0.25, 0.3) is 0 Å². The molecule has 0 spiro atoms. The van der Waals surface area contributed by atoms with Gasteiger partial charge in [0, 0.05) is 30.3 Å². The molecule has 0 aliphatic heterocycles. The van der Waals surface area contributed by atoms with Crippen LogP contribution in [0.3, 0.4) is 0 Å². The molecule has 5 rings (SSSR count). The molecule has 2 atom stereocenters. The summed E-state index contributed by atoms with van der Waals surface area (Å²) in [6.45, 7) is 2.61. The number of benzene rings is 3. The van der Waals surface area contributed by atoms with Crippen molar-refractivity contribution < 1.29 is 9.50 Å². The molecule has 1 heterocycles. The van der Waals surface area contributed by atoms with Gasteiger partial charge in [-0.1, -0.05) is 54.1 Å². The fraction of sp³-hybridized carbons (Fsp3) is 0.192. The summed E-state index contributed by atoms with van der Waals surface area (Å²) >= 11 is 0. The van der Waals surface area contributed by atoms with Crippen molar-refractivity contribution in [2.75, 3.05) is 0 Å². The summed E-state index contributed by atoms with van der Waals surface area (Å²) in [5.41, 5.74) is 7.24. The molecule has 0 saturated heterocycles. The normalized spacial score (nSPS) is 17.6. The Labute approximate surface area is 181 Å². The van der Waals surface area contributed by atoms with Crippen LogP contribution in [-0.4, -0.2) is 21.0 Å². The molecule has 0 radical (unpaired) electrons. The zero-order valence-corrected chi connectivity index (χ0v) is 17.3. The molecule has 0 amide bonds. The lowest BCUT2D eigenvalue weighted by Gasteiger charge is -2.18. The van der Waals surface area contributed by atoms with E-state index in [1.807, 2.05) is 18.3 Å². The van der Waals surface area contributed by atoms with Gasteiger partial charge in [-0.3, -0.25) is 0 Å². The number of hydrogen-bond acceptors (Lipinski definition) is 3. The van der Waals surface area contributed by atoms with Crippen LogP contribution in [0, 0.1) is 12.7 Å². The van der Waals surface area contributed by atoms with Crippen LogP contribution >= 0.6 is 0 Å². The molecule has 1 aliphatic carbocycles. The van der Waals surface area contributed by atoms with Crippen LogP contribution in [0.2, 0.25) is 0 Å². The van der Waals surface area contributed by atoms with E-state index in [1.165, 1.54) is 23.3 Å². The van der Waals surface area contributed by atoms with Crippen LogP contribution in [0.1, 0.15) is 28.3 Å². The second kappa shape index (κ2) is 8.10. The highest BCUT2D eigenvalue weighted by molar-refractivity contribution is 5.63. The molecule has 156 valence electrons. The number of aromatic nitrogens is 2. The number of aliphatic hydroxyl groups is 1. The van der Waals surface area contributed by atoms with E-state index in [-0.39, 0.29) is 11.9 Å². The summed E-state index contributed by atoms with van der Waals surface area (Å²) in [5.74, 6) is -0.273. The van der Waals surface area contributed by atoms with E-state index in [2.05, 4.69) is 48.6 Å². The maximum atomic E-state index is 13.4. The Kier molecular flexibility index (Phi) is 5.14. The van der Waals surface area contributed by atoms with E-state index in [0.29, 0.717) is 13.0 Å². The topological polar surface area (TPSA) is 50.1 Å². The van der Waals surface area contributed by atoms with E-state index < -0.39 is 6.10 Å². The first-order chi connectivity index (χ1) is 15.1. The summed E-state index contributed by atoms with van der Waals surface area (Å²) in [7, 11) is 0. The number of hydrogen-bond donors (Lipinski definition) is 2. The number of rotatable bonds is 5. The van der Waals surface area contributed by atoms with Crippen LogP contribution < -0.4 is 5.32 Å². The van der Waals surface area contributed by atoms with Gasteiger partial charge < -0.3 is 10.4 Å². The van der Waals surface area contributed by atoms with Gasteiger partial charge in [-0.2, -0.15) is 5.10 Å². The van der Waals surface area contributed by atoms with Crippen LogP contribution in [0.25, 0.3) is 16.9 Å². The maximum absolute atomic E-state index is 13.4. The smallest absolute Gasteiger partial charge is 0.123 e. The average Bonchev–Trinajstić information content (AvgIpc) is 3.34. The number of aryl methyl sites for hydroxylation is 1. The molecule has 0 fully saturated rings. The van der Waals surface area contributed by atoms with E-state index in [0.717, 1.165) is 28.1 Å². The van der Waals surface area contributed by atoms with Gasteiger partial charge in [0.2, 0.25) is 0 Å². The molecular weight excluding hydrogens is 389 g/mol. The molecule has 31 heavy (non-hydrogen) atoms. The fourth-order valence-corrected chi connectivity index (χ4v) is 4.26. The Morgan fingerprint density at radius 3 is 2.55 bits per heavy atom. The standard InChI is InChI=1S/C26H24FN3O/c1-17-6-8-18(9-7-17)25-20(16-30(29-25)22-12-10-21(27)11-13-22)15-28-26-23-5-3-2-4-19(23)14-24(26)31/h2-13,16,24,26,28,31H,14-15H2,1H3/t24-,26+/m0/s1. The Hall–Kier alpha value is -3.28. The minimum Gasteiger partial charge on any atom is -0.391 e. The molecular formula is C26H24FN3O. The quantitative estimate of drug-likeness (QED) is 0.497. The molecule has 5 heteroatoms. The van der Waals surface area contributed by atoms with Gasteiger partial charge in [0.15, 0.2) is 0 Å². The Balaban J connectivity index is 1.48. The molecule has 1 aromatic heterocycles. The van der Waals surface area contributed by atoms with Crippen molar-refractivity contribution in [2.24, 2.45) is 0 Å². The van der Waals surface area contributed by atoms with Crippen molar-refractivity contribution in [3.63, 3.8) is 0 Å². The van der Waals surface area contributed by atoms with Gasteiger partial charge in [0.05, 0.1) is 23.5 Å². The Morgan fingerprint density at radius 1 is 1.03 bits per heavy atom. The third kappa shape index (κ3) is 3.90. The van der Waals surface area contributed by atoms with Crippen LogP contribution in [-0.2, 0) is 13.0 Å².